The maximum atomic E-state index is 11.6. The molecule has 9 heteroatoms. The molecule has 2 aromatic rings. The van der Waals surface area contributed by atoms with E-state index in [1.54, 1.807) is 0 Å². The Balaban J connectivity index is 2.06. The van der Waals surface area contributed by atoms with Gasteiger partial charge in [0.25, 0.3) is 0 Å². The molecule has 1 aliphatic rings. The molecule has 0 atom stereocenters. The number of tetrazole rings is 1. The van der Waals surface area contributed by atoms with E-state index >= 15 is 0 Å². The lowest BCUT2D eigenvalue weighted by Gasteiger charge is -2.37. The number of carboxylic acids is 1. The molecular formula is C11H14N6O2S. The smallest absolute Gasteiger partial charge is 0.331 e. The van der Waals surface area contributed by atoms with Gasteiger partial charge in [-0.15, -0.1) is 10.2 Å². The lowest BCUT2D eigenvalue weighted by molar-refractivity contribution is -0.153. The number of carbonyl (C=O) groups is 1. The van der Waals surface area contributed by atoms with E-state index in [0.29, 0.717) is 18.7 Å². The van der Waals surface area contributed by atoms with Crippen molar-refractivity contribution in [3.8, 4) is 10.7 Å². The Bertz CT molecular complexity index is 632. The molecule has 106 valence electrons. The number of hydrogen-bond donors (Lipinski definition) is 1. The van der Waals surface area contributed by atoms with Crippen LogP contribution in [0.15, 0.2) is 0 Å². The highest BCUT2D eigenvalue weighted by molar-refractivity contribution is 7.09. The molecule has 0 radical (unpaired) electrons. The van der Waals surface area contributed by atoms with Crippen LogP contribution in [0.3, 0.4) is 0 Å². The van der Waals surface area contributed by atoms with E-state index in [-0.39, 0.29) is 0 Å². The van der Waals surface area contributed by atoms with Gasteiger partial charge < -0.3 is 5.11 Å². The molecule has 1 aliphatic carbocycles. The van der Waals surface area contributed by atoms with Crippen molar-refractivity contribution in [3.63, 3.8) is 0 Å². The molecule has 0 aliphatic heterocycles. The Kier molecular flexibility index (Phi) is 3.20. The minimum Gasteiger partial charge on any atom is -0.479 e. The third-order valence-electron chi connectivity index (χ3n) is 3.70. The number of nitrogens with zero attached hydrogens (tertiary/aromatic N) is 6. The average molecular weight is 294 g/mol. The van der Waals surface area contributed by atoms with Gasteiger partial charge in [-0.2, -0.15) is 0 Å². The van der Waals surface area contributed by atoms with E-state index in [0.717, 1.165) is 29.8 Å². The molecule has 20 heavy (non-hydrogen) atoms. The molecule has 1 N–H and O–H groups in total. The molecule has 8 nitrogen and oxygen atoms in total. The van der Waals surface area contributed by atoms with Gasteiger partial charge in [0.1, 0.15) is 4.88 Å². The molecule has 1 saturated carbocycles. The van der Waals surface area contributed by atoms with Crippen LogP contribution in [0.1, 0.15) is 38.3 Å². The maximum absolute atomic E-state index is 11.6. The Morgan fingerprint density at radius 2 is 2.25 bits per heavy atom. The number of rotatable bonds is 5. The van der Waals surface area contributed by atoms with Crippen molar-refractivity contribution < 1.29 is 9.90 Å². The van der Waals surface area contributed by atoms with E-state index < -0.39 is 11.5 Å². The second-order valence-corrected chi connectivity index (χ2v) is 5.66. The van der Waals surface area contributed by atoms with Gasteiger partial charge in [-0.25, -0.2) is 9.48 Å². The van der Waals surface area contributed by atoms with Crippen LogP contribution >= 0.6 is 11.5 Å². The molecule has 0 unspecified atom stereocenters. The summed E-state index contributed by atoms with van der Waals surface area (Å²) in [5.74, 6) is -0.419. The number of hydrogen-bond acceptors (Lipinski definition) is 7. The highest BCUT2D eigenvalue weighted by atomic mass is 32.1. The molecule has 0 bridgehead atoms. The van der Waals surface area contributed by atoms with Crippen LogP contribution < -0.4 is 0 Å². The average Bonchev–Trinajstić information content (AvgIpc) is 2.96. The first-order chi connectivity index (χ1) is 9.69. The minimum atomic E-state index is -1.01. The standard InChI is InChI=1S/C11H14N6O2S/c1-2-4-7-8(20-16-12-7)9-13-14-15-17(9)11(10(18)19)5-3-6-11/h2-6H2,1H3,(H,18,19). The quantitative estimate of drug-likeness (QED) is 0.880. The zero-order valence-electron chi connectivity index (χ0n) is 11.0. The van der Waals surface area contributed by atoms with Crippen LogP contribution in [0.4, 0.5) is 0 Å². The van der Waals surface area contributed by atoms with Crippen molar-refractivity contribution in [2.45, 2.75) is 44.6 Å². The molecule has 2 aromatic heterocycles. The van der Waals surface area contributed by atoms with Gasteiger partial charge in [0.05, 0.1) is 5.69 Å². The van der Waals surface area contributed by atoms with Gasteiger partial charge in [0.15, 0.2) is 11.4 Å². The Morgan fingerprint density at radius 3 is 2.85 bits per heavy atom. The molecule has 2 heterocycles. The second kappa shape index (κ2) is 4.89. The predicted molar refractivity (Wildman–Crippen MR) is 70.2 cm³/mol. The Labute approximate surface area is 119 Å². The molecule has 0 spiro atoms. The molecule has 1 fully saturated rings. The summed E-state index contributed by atoms with van der Waals surface area (Å²) >= 11 is 1.21. The zero-order valence-corrected chi connectivity index (χ0v) is 11.8. The molecular weight excluding hydrogens is 280 g/mol. The largest absolute Gasteiger partial charge is 0.479 e. The van der Waals surface area contributed by atoms with E-state index in [1.807, 2.05) is 0 Å². The fourth-order valence-electron chi connectivity index (χ4n) is 2.42. The van der Waals surface area contributed by atoms with Crippen LogP contribution in [0.2, 0.25) is 0 Å². The normalized spacial score (nSPS) is 16.9. The van der Waals surface area contributed by atoms with E-state index in [4.69, 9.17) is 0 Å². The van der Waals surface area contributed by atoms with Crippen molar-refractivity contribution in [2.24, 2.45) is 0 Å². The highest BCUT2D eigenvalue weighted by Crippen LogP contribution is 2.41. The van der Waals surface area contributed by atoms with Gasteiger partial charge in [-0.05, 0) is 47.6 Å². The minimum absolute atomic E-state index is 0.463. The predicted octanol–water partition coefficient (Wildman–Crippen LogP) is 1.11. The molecule has 3 rings (SSSR count). The second-order valence-electron chi connectivity index (χ2n) is 4.90. The summed E-state index contributed by atoms with van der Waals surface area (Å²) in [5.41, 5.74) is -0.180. The zero-order chi connectivity index (χ0) is 14.2. The van der Waals surface area contributed by atoms with Crippen LogP contribution in [-0.2, 0) is 16.8 Å². The van der Waals surface area contributed by atoms with Gasteiger partial charge in [-0.3, -0.25) is 0 Å². The first kappa shape index (κ1) is 13.1. The summed E-state index contributed by atoms with van der Waals surface area (Å²) in [4.78, 5) is 12.4. The number of aryl methyl sites for hydroxylation is 1. The summed E-state index contributed by atoms with van der Waals surface area (Å²) in [7, 11) is 0. The van der Waals surface area contributed by atoms with Gasteiger partial charge in [-0.1, -0.05) is 17.8 Å². The van der Waals surface area contributed by atoms with Crippen LogP contribution in [-0.4, -0.2) is 40.9 Å². The maximum Gasteiger partial charge on any atom is 0.331 e. The Hall–Kier alpha value is -1.90. The summed E-state index contributed by atoms with van der Waals surface area (Å²) in [5, 5.41) is 25.2. The van der Waals surface area contributed by atoms with Crippen LogP contribution in [0.5, 0.6) is 0 Å². The lowest BCUT2D eigenvalue weighted by atomic mass is 9.77. The van der Waals surface area contributed by atoms with Crippen molar-refractivity contribution in [1.29, 1.82) is 0 Å². The van der Waals surface area contributed by atoms with E-state index in [1.165, 1.54) is 16.2 Å². The van der Waals surface area contributed by atoms with Crippen LogP contribution in [0.25, 0.3) is 10.7 Å². The Morgan fingerprint density at radius 1 is 1.45 bits per heavy atom. The highest BCUT2D eigenvalue weighted by Gasteiger charge is 2.49. The topological polar surface area (TPSA) is 107 Å². The number of carboxylic acid groups (broad SMARTS) is 1. The van der Waals surface area contributed by atoms with Gasteiger partial charge in [0, 0.05) is 0 Å². The molecule has 0 amide bonds. The molecule has 0 aromatic carbocycles. The number of aliphatic carboxylic acids is 1. The van der Waals surface area contributed by atoms with Gasteiger partial charge >= 0.3 is 5.97 Å². The summed E-state index contributed by atoms with van der Waals surface area (Å²) in [6.07, 6.45) is 3.68. The number of aromatic nitrogens is 6. The monoisotopic (exact) mass is 294 g/mol. The van der Waals surface area contributed by atoms with E-state index in [2.05, 4.69) is 32.0 Å². The van der Waals surface area contributed by atoms with Crippen molar-refractivity contribution >= 4 is 17.5 Å². The first-order valence-corrected chi connectivity index (χ1v) is 7.30. The fourth-order valence-corrected chi connectivity index (χ4v) is 3.10. The SMILES string of the molecule is CCCc1nnsc1-c1nnnn1C1(C(=O)O)CCC1. The summed E-state index contributed by atoms with van der Waals surface area (Å²) in [6.45, 7) is 2.05. The summed E-state index contributed by atoms with van der Waals surface area (Å²) < 4.78 is 5.38. The summed E-state index contributed by atoms with van der Waals surface area (Å²) in [6, 6.07) is 0. The van der Waals surface area contributed by atoms with Gasteiger partial charge in [0.2, 0.25) is 0 Å². The third-order valence-corrected chi connectivity index (χ3v) is 4.46. The molecule has 0 saturated heterocycles. The third kappa shape index (κ3) is 1.80. The van der Waals surface area contributed by atoms with E-state index in [9.17, 15) is 9.90 Å². The fraction of sp³-hybridized carbons (Fsp3) is 0.636. The first-order valence-electron chi connectivity index (χ1n) is 6.53. The van der Waals surface area contributed by atoms with Crippen molar-refractivity contribution in [3.05, 3.63) is 5.69 Å². The lowest BCUT2D eigenvalue weighted by Crippen LogP contribution is -2.48. The van der Waals surface area contributed by atoms with Crippen molar-refractivity contribution in [2.75, 3.05) is 0 Å². The van der Waals surface area contributed by atoms with Crippen LogP contribution in [0, 0.1) is 0 Å². The van der Waals surface area contributed by atoms with Crippen molar-refractivity contribution in [1.82, 2.24) is 29.8 Å².